The van der Waals surface area contributed by atoms with Gasteiger partial charge in [-0.1, -0.05) is 24.3 Å². The smallest absolute Gasteiger partial charge is 0.311 e. The number of ether oxygens (including phenoxy) is 2. The second kappa shape index (κ2) is 9.51. The van der Waals surface area contributed by atoms with Gasteiger partial charge >= 0.3 is 5.97 Å². The van der Waals surface area contributed by atoms with Gasteiger partial charge in [-0.2, -0.15) is 5.26 Å². The van der Waals surface area contributed by atoms with E-state index in [2.05, 4.69) is 23.5 Å². The minimum Gasteiger partial charge on any atom is -0.493 e. The van der Waals surface area contributed by atoms with Crippen molar-refractivity contribution in [3.05, 3.63) is 88.5 Å². The predicted octanol–water partition coefficient (Wildman–Crippen LogP) is 4.59. The zero-order valence-corrected chi connectivity index (χ0v) is 19.0. The van der Waals surface area contributed by atoms with E-state index in [4.69, 9.17) is 9.47 Å². The largest absolute Gasteiger partial charge is 0.493 e. The van der Waals surface area contributed by atoms with E-state index in [1.165, 1.54) is 17.2 Å². The molecule has 176 valence electrons. The van der Waals surface area contributed by atoms with Crippen LogP contribution in [0.1, 0.15) is 51.4 Å². The molecule has 1 aliphatic heterocycles. The zero-order chi connectivity index (χ0) is 24.4. The lowest BCUT2D eigenvalue weighted by Crippen LogP contribution is -2.38. The van der Waals surface area contributed by atoms with Crippen LogP contribution in [0, 0.1) is 11.3 Å². The van der Waals surface area contributed by atoms with E-state index in [0.717, 1.165) is 19.3 Å². The molecule has 1 heterocycles. The summed E-state index contributed by atoms with van der Waals surface area (Å²) in [5.74, 6) is -0.664. The van der Waals surface area contributed by atoms with Crippen molar-refractivity contribution in [3.8, 4) is 23.3 Å². The second-order valence-corrected chi connectivity index (χ2v) is 8.83. The number of nitrogens with zero attached hydrogens (tertiary/aromatic N) is 1. The predicted molar refractivity (Wildman–Crippen MR) is 128 cm³/mol. The Morgan fingerprint density at radius 1 is 1.06 bits per heavy atom. The van der Waals surface area contributed by atoms with Crippen LogP contribution in [0.5, 0.6) is 17.2 Å². The SMILES string of the molecule is N#Cc1cc2c(cc1Oc1ccc(C(=O)NC3CCc4ccccc4C3)cc1)OCCC2C(=O)O. The highest BCUT2D eigenvalue weighted by Crippen LogP contribution is 2.39. The van der Waals surface area contributed by atoms with Gasteiger partial charge in [0.25, 0.3) is 5.91 Å². The average molecular weight is 469 g/mol. The van der Waals surface area contributed by atoms with Gasteiger partial charge in [-0.3, -0.25) is 9.59 Å². The van der Waals surface area contributed by atoms with Gasteiger partial charge in [0.15, 0.2) is 0 Å². The van der Waals surface area contributed by atoms with E-state index >= 15 is 0 Å². The Morgan fingerprint density at radius 3 is 2.57 bits per heavy atom. The number of carboxylic acid groups (broad SMARTS) is 1. The van der Waals surface area contributed by atoms with Crippen LogP contribution in [0.25, 0.3) is 0 Å². The summed E-state index contributed by atoms with van der Waals surface area (Å²) < 4.78 is 11.5. The number of nitrogens with one attached hydrogen (secondary N) is 1. The van der Waals surface area contributed by atoms with Gasteiger partial charge in [0.05, 0.1) is 18.1 Å². The van der Waals surface area contributed by atoms with Gasteiger partial charge < -0.3 is 19.9 Å². The summed E-state index contributed by atoms with van der Waals surface area (Å²) in [6.45, 7) is 0.283. The lowest BCUT2D eigenvalue weighted by molar-refractivity contribution is -0.139. The Bertz CT molecular complexity index is 1330. The maximum absolute atomic E-state index is 12.8. The molecular weight excluding hydrogens is 444 g/mol. The first-order valence-electron chi connectivity index (χ1n) is 11.6. The highest BCUT2D eigenvalue weighted by atomic mass is 16.5. The monoisotopic (exact) mass is 468 g/mol. The summed E-state index contributed by atoms with van der Waals surface area (Å²) in [6.07, 6.45) is 3.03. The number of carbonyl (C=O) groups excluding carboxylic acids is 1. The Balaban J connectivity index is 1.28. The number of benzene rings is 3. The maximum Gasteiger partial charge on any atom is 0.311 e. The van der Waals surface area contributed by atoms with Crippen LogP contribution in [-0.2, 0) is 17.6 Å². The first-order chi connectivity index (χ1) is 17.0. The van der Waals surface area contributed by atoms with Gasteiger partial charge in [0.2, 0.25) is 0 Å². The van der Waals surface area contributed by atoms with Crippen molar-refractivity contribution in [1.29, 1.82) is 5.26 Å². The van der Waals surface area contributed by atoms with Gasteiger partial charge in [-0.15, -0.1) is 0 Å². The van der Waals surface area contributed by atoms with Crippen LogP contribution >= 0.6 is 0 Å². The quantitative estimate of drug-likeness (QED) is 0.567. The standard InChI is InChI=1S/C28H24N2O5/c29-16-20-14-24-23(28(32)33)11-12-34-26(24)15-25(20)35-22-9-6-18(7-10-22)27(31)30-21-8-5-17-3-1-2-4-19(17)13-21/h1-4,6-7,9-10,14-15,21,23H,5,8,11-13H2,(H,30,31)(H,32,33). The lowest BCUT2D eigenvalue weighted by atomic mass is 9.88. The lowest BCUT2D eigenvalue weighted by Gasteiger charge is -2.25. The van der Waals surface area contributed by atoms with Gasteiger partial charge in [-0.05, 0) is 67.1 Å². The third-order valence-corrected chi connectivity index (χ3v) is 6.60. The average Bonchev–Trinajstić information content (AvgIpc) is 2.88. The van der Waals surface area contributed by atoms with Gasteiger partial charge in [0.1, 0.15) is 23.3 Å². The molecule has 0 saturated carbocycles. The van der Waals surface area contributed by atoms with Crippen molar-refractivity contribution in [2.45, 2.75) is 37.6 Å². The number of amides is 1. The molecule has 1 amide bonds. The molecule has 3 aromatic carbocycles. The van der Waals surface area contributed by atoms with Crippen LogP contribution in [0.3, 0.4) is 0 Å². The third kappa shape index (κ3) is 4.69. The van der Waals surface area contributed by atoms with Crippen molar-refractivity contribution in [2.75, 3.05) is 6.61 Å². The first-order valence-corrected chi connectivity index (χ1v) is 11.6. The molecule has 7 heteroatoms. The Hall–Kier alpha value is -4.31. The highest BCUT2D eigenvalue weighted by molar-refractivity contribution is 5.94. The van der Waals surface area contributed by atoms with Crippen molar-refractivity contribution in [1.82, 2.24) is 5.32 Å². The number of carbonyl (C=O) groups is 2. The summed E-state index contributed by atoms with van der Waals surface area (Å²) in [5, 5.41) is 22.2. The molecule has 1 aliphatic carbocycles. The van der Waals surface area contributed by atoms with Crippen LogP contribution in [0.2, 0.25) is 0 Å². The number of hydrogen-bond donors (Lipinski definition) is 2. The molecule has 35 heavy (non-hydrogen) atoms. The number of hydrogen-bond acceptors (Lipinski definition) is 5. The van der Waals surface area contributed by atoms with Gasteiger partial charge in [-0.25, -0.2) is 0 Å². The fraction of sp³-hybridized carbons (Fsp3) is 0.250. The molecule has 2 aliphatic rings. The number of nitriles is 1. The number of carboxylic acids is 1. The molecule has 5 rings (SSSR count). The Kier molecular flexibility index (Phi) is 6.11. The second-order valence-electron chi connectivity index (χ2n) is 8.83. The zero-order valence-electron chi connectivity index (χ0n) is 19.0. The van der Waals surface area contributed by atoms with E-state index in [1.54, 1.807) is 30.3 Å². The first kappa shape index (κ1) is 22.5. The summed E-state index contributed by atoms with van der Waals surface area (Å²) in [6, 6.07) is 20.3. The number of aliphatic carboxylic acids is 1. The molecule has 0 radical (unpaired) electrons. The topological polar surface area (TPSA) is 109 Å². The summed E-state index contributed by atoms with van der Waals surface area (Å²) in [5.41, 5.74) is 3.85. The molecule has 0 fully saturated rings. The van der Waals surface area contributed by atoms with E-state index in [9.17, 15) is 20.0 Å². The molecule has 0 bridgehead atoms. The van der Waals surface area contributed by atoms with Crippen LogP contribution < -0.4 is 14.8 Å². The molecule has 3 aromatic rings. The van der Waals surface area contributed by atoms with Crippen LogP contribution in [0.15, 0.2) is 60.7 Å². The van der Waals surface area contributed by atoms with Crippen LogP contribution in [-0.4, -0.2) is 29.6 Å². The fourth-order valence-corrected chi connectivity index (χ4v) is 4.74. The van der Waals surface area contributed by atoms with Gasteiger partial charge in [0, 0.05) is 23.2 Å². The molecule has 0 aromatic heterocycles. The Morgan fingerprint density at radius 2 is 1.83 bits per heavy atom. The van der Waals surface area contributed by atoms with Crippen LogP contribution in [0.4, 0.5) is 0 Å². The normalized spacial score (nSPS) is 18.3. The van der Waals surface area contributed by atoms with Crippen molar-refractivity contribution >= 4 is 11.9 Å². The van der Waals surface area contributed by atoms with Crippen molar-refractivity contribution < 1.29 is 24.2 Å². The molecule has 7 nitrogen and oxygen atoms in total. The van der Waals surface area contributed by atoms with E-state index in [1.807, 2.05) is 12.1 Å². The third-order valence-electron chi connectivity index (χ3n) is 6.60. The number of fused-ring (bicyclic) bond motifs is 2. The fourth-order valence-electron chi connectivity index (χ4n) is 4.74. The molecule has 0 saturated heterocycles. The maximum atomic E-state index is 12.8. The minimum absolute atomic E-state index is 0.0941. The molecule has 2 unspecified atom stereocenters. The van der Waals surface area contributed by atoms with E-state index in [0.29, 0.717) is 29.0 Å². The highest BCUT2D eigenvalue weighted by Gasteiger charge is 2.29. The molecular formula is C28H24N2O5. The van der Waals surface area contributed by atoms with E-state index < -0.39 is 11.9 Å². The van der Waals surface area contributed by atoms with Crippen molar-refractivity contribution in [3.63, 3.8) is 0 Å². The Labute approximate surface area is 202 Å². The molecule has 2 N–H and O–H groups in total. The van der Waals surface area contributed by atoms with Crippen molar-refractivity contribution in [2.24, 2.45) is 0 Å². The number of rotatable bonds is 5. The molecule has 0 spiro atoms. The van der Waals surface area contributed by atoms with E-state index in [-0.39, 0.29) is 29.9 Å². The summed E-state index contributed by atoms with van der Waals surface area (Å²) in [7, 11) is 0. The minimum atomic E-state index is -0.946. The summed E-state index contributed by atoms with van der Waals surface area (Å²) in [4.78, 5) is 24.3. The number of aryl methyl sites for hydroxylation is 1. The molecule has 2 atom stereocenters. The summed E-state index contributed by atoms with van der Waals surface area (Å²) >= 11 is 0.